The van der Waals surface area contributed by atoms with Gasteiger partial charge in [0.05, 0.1) is 6.61 Å². The molecule has 3 fully saturated rings. The molecule has 0 saturated carbocycles. The van der Waals surface area contributed by atoms with Crippen LogP contribution >= 0.6 is 0 Å². The Bertz CT molecular complexity index is 1740. The largest absolute Gasteiger partial charge is 0.463 e. The van der Waals surface area contributed by atoms with Crippen molar-refractivity contribution in [2.24, 2.45) is 0 Å². The van der Waals surface area contributed by atoms with Gasteiger partial charge in [-0.25, -0.2) is 0 Å². The molecule has 26 nitrogen and oxygen atoms in total. The highest BCUT2D eigenvalue weighted by Gasteiger charge is 2.57. The smallest absolute Gasteiger partial charge is 0.303 e. The van der Waals surface area contributed by atoms with Gasteiger partial charge < -0.3 is 77.9 Å². The van der Waals surface area contributed by atoms with Crippen molar-refractivity contribution in [1.82, 2.24) is 16.0 Å². The zero-order valence-electron chi connectivity index (χ0n) is 36.7. The Hall–Kier alpha value is -5.54. The number of carbonyl (C=O) groups is 10. The van der Waals surface area contributed by atoms with Crippen molar-refractivity contribution < 1.29 is 110 Å². The van der Waals surface area contributed by atoms with Gasteiger partial charge in [0.25, 0.3) is 0 Å². The lowest BCUT2D eigenvalue weighted by Gasteiger charge is -2.49. The van der Waals surface area contributed by atoms with Crippen molar-refractivity contribution >= 4 is 59.5 Å². The minimum Gasteiger partial charge on any atom is -0.463 e. The molecule has 3 aliphatic heterocycles. The van der Waals surface area contributed by atoms with E-state index >= 15 is 0 Å². The SMILES string of the molecule is CC(=O)N[C@@H]1[C@@H](O[C@@H]2O[C@H](COC(C)=O)[C@@H](OC(C)=O)[C@H](OC(C)=O)[C@H]2NC(C)=O)[C@H](OC(C)=O)[C@@H](CO[C@@H]2O[C@H](COC(C)=O)[C@@H](OC(C)=O)[C@H](OC(C)=O)[C@H]2NC(C)=O)O[C@@H]1O. The maximum Gasteiger partial charge on any atom is 0.303 e. The van der Waals surface area contributed by atoms with Crippen molar-refractivity contribution in [3.8, 4) is 0 Å². The van der Waals surface area contributed by atoms with E-state index in [2.05, 4.69) is 16.0 Å². The van der Waals surface area contributed by atoms with Crippen LogP contribution in [0.1, 0.15) is 69.2 Å². The van der Waals surface area contributed by atoms with Crippen LogP contribution in [0.25, 0.3) is 0 Å². The number of rotatable bonds is 17. The van der Waals surface area contributed by atoms with Gasteiger partial charge in [0.15, 0.2) is 49.4 Å². The molecule has 4 N–H and O–H groups in total. The van der Waals surface area contributed by atoms with Gasteiger partial charge in [0.2, 0.25) is 17.7 Å². The molecule has 0 spiro atoms. The molecule has 0 radical (unpaired) electrons. The normalized spacial score (nSPS) is 32.3. The van der Waals surface area contributed by atoms with Crippen molar-refractivity contribution in [2.45, 2.75) is 161 Å². The maximum absolute atomic E-state index is 12.8. The molecule has 3 amide bonds. The number of hydrogen-bond donors (Lipinski definition) is 4. The van der Waals surface area contributed by atoms with Crippen molar-refractivity contribution in [3.63, 3.8) is 0 Å². The molecule has 3 saturated heterocycles. The molecular formula is C38H55N3O23. The highest BCUT2D eigenvalue weighted by molar-refractivity contribution is 5.75. The molecule has 360 valence electrons. The van der Waals surface area contributed by atoms with E-state index < -0.39 is 171 Å². The summed E-state index contributed by atoms with van der Waals surface area (Å²) in [6, 6.07) is -4.67. The van der Waals surface area contributed by atoms with Gasteiger partial charge in [-0.3, -0.25) is 47.9 Å². The molecule has 3 aliphatic rings. The van der Waals surface area contributed by atoms with Crippen molar-refractivity contribution in [3.05, 3.63) is 0 Å². The lowest BCUT2D eigenvalue weighted by molar-refractivity contribution is -0.333. The molecule has 3 heterocycles. The fraction of sp³-hybridized carbons (Fsp3) is 0.737. The Balaban J connectivity index is 2.16. The van der Waals surface area contributed by atoms with Crippen molar-refractivity contribution in [2.75, 3.05) is 19.8 Å². The Kier molecular flexibility index (Phi) is 19.8. The highest BCUT2D eigenvalue weighted by atomic mass is 16.7. The third kappa shape index (κ3) is 15.6. The first-order valence-corrected chi connectivity index (χ1v) is 19.7. The lowest BCUT2D eigenvalue weighted by Crippen LogP contribution is -2.71. The quantitative estimate of drug-likeness (QED) is 0.0827. The van der Waals surface area contributed by atoms with E-state index in [4.69, 9.17) is 56.8 Å². The third-order valence-electron chi connectivity index (χ3n) is 9.20. The van der Waals surface area contributed by atoms with E-state index in [1.807, 2.05) is 0 Å². The average Bonchev–Trinajstić information content (AvgIpc) is 3.14. The van der Waals surface area contributed by atoms with Gasteiger partial charge in [-0.1, -0.05) is 0 Å². The van der Waals surface area contributed by atoms with Gasteiger partial charge in [0, 0.05) is 69.2 Å². The molecule has 26 heteroatoms. The molecule has 64 heavy (non-hydrogen) atoms. The van der Waals surface area contributed by atoms with Crippen LogP contribution in [0.3, 0.4) is 0 Å². The second-order valence-electron chi connectivity index (χ2n) is 14.7. The van der Waals surface area contributed by atoms with E-state index in [0.717, 1.165) is 69.2 Å². The summed E-state index contributed by atoms with van der Waals surface area (Å²) in [7, 11) is 0. The van der Waals surface area contributed by atoms with Gasteiger partial charge in [-0.05, 0) is 0 Å². The molecule has 0 bridgehead atoms. The molecule has 15 atom stereocenters. The maximum atomic E-state index is 12.8. The minimum atomic E-state index is -2.02. The number of aliphatic hydroxyl groups is 1. The molecule has 0 unspecified atom stereocenters. The summed E-state index contributed by atoms with van der Waals surface area (Å²) in [6.45, 7) is 8.57. The summed E-state index contributed by atoms with van der Waals surface area (Å²) in [6.07, 6.45) is -19.7. The molecule has 0 aromatic carbocycles. The van der Waals surface area contributed by atoms with E-state index in [-0.39, 0.29) is 0 Å². The van der Waals surface area contributed by atoms with E-state index in [9.17, 15) is 53.1 Å². The van der Waals surface area contributed by atoms with Gasteiger partial charge in [0.1, 0.15) is 55.8 Å². The topological polar surface area (TPSA) is 338 Å². The Morgan fingerprint density at radius 2 is 0.734 bits per heavy atom. The number of ether oxygens (including phenoxy) is 12. The van der Waals surface area contributed by atoms with E-state index in [0.29, 0.717) is 0 Å². The summed E-state index contributed by atoms with van der Waals surface area (Å²) in [5.74, 6) is -8.33. The highest BCUT2D eigenvalue weighted by Crippen LogP contribution is 2.34. The first-order valence-electron chi connectivity index (χ1n) is 19.7. The Labute approximate surface area is 366 Å². The fourth-order valence-corrected chi connectivity index (χ4v) is 7.12. The first-order chi connectivity index (χ1) is 29.9. The summed E-state index contributed by atoms with van der Waals surface area (Å²) in [5.41, 5.74) is 0. The third-order valence-corrected chi connectivity index (χ3v) is 9.20. The van der Waals surface area contributed by atoms with Gasteiger partial charge in [-0.15, -0.1) is 0 Å². The fourth-order valence-electron chi connectivity index (χ4n) is 7.12. The number of hydrogen-bond acceptors (Lipinski definition) is 23. The zero-order valence-corrected chi connectivity index (χ0v) is 36.7. The number of nitrogens with one attached hydrogen (secondary N) is 3. The van der Waals surface area contributed by atoms with Crippen LogP contribution in [0.2, 0.25) is 0 Å². The number of carbonyl (C=O) groups excluding carboxylic acids is 10. The summed E-state index contributed by atoms with van der Waals surface area (Å²) < 4.78 is 68.3. The molecule has 0 aliphatic carbocycles. The molecule has 3 rings (SSSR count). The second kappa shape index (κ2) is 23.9. The van der Waals surface area contributed by atoms with Crippen LogP contribution in [-0.2, 0) is 105 Å². The standard InChI is InChI=1S/C38H55N3O23/c1-14(42)39-27-33(64-38-29(41-16(3)44)35(60-23(10)51)32(58-21(8)49)26(63-38)12-54-18(5)46)30(56-19(6)47)24(61-36(27)52)13-55-37-28(40-15(2)43)34(59-22(9)50)31(57-20(7)48)25(62-37)11-53-17(4)45/h24-38,52H,11-13H2,1-10H3,(H,39,42)(H,40,43)(H,41,44)/t24-,25-,26-,27-,28-,29-,30-,31-,32-,33-,34-,35-,36+,37-,38+/m1/s1. The van der Waals surface area contributed by atoms with Crippen LogP contribution < -0.4 is 16.0 Å². The Morgan fingerprint density at radius 3 is 1.11 bits per heavy atom. The minimum absolute atomic E-state index is 0.581. The predicted octanol–water partition coefficient (Wildman–Crippen LogP) is -3.15. The molecule has 0 aromatic rings. The van der Waals surface area contributed by atoms with E-state index in [1.165, 1.54) is 0 Å². The monoisotopic (exact) mass is 921 g/mol. The molecular weight excluding hydrogens is 866 g/mol. The average molecular weight is 922 g/mol. The zero-order chi connectivity index (χ0) is 48.2. The van der Waals surface area contributed by atoms with Crippen molar-refractivity contribution in [1.29, 1.82) is 0 Å². The van der Waals surface area contributed by atoms with Gasteiger partial charge >= 0.3 is 41.8 Å². The Morgan fingerprint density at radius 1 is 0.406 bits per heavy atom. The molecule has 0 aromatic heterocycles. The number of esters is 7. The van der Waals surface area contributed by atoms with Crippen LogP contribution in [0.4, 0.5) is 0 Å². The van der Waals surface area contributed by atoms with Crippen LogP contribution in [0.15, 0.2) is 0 Å². The lowest BCUT2D eigenvalue weighted by atomic mass is 9.93. The summed E-state index contributed by atoms with van der Waals surface area (Å²) in [5, 5.41) is 18.9. The van der Waals surface area contributed by atoms with Crippen LogP contribution in [0.5, 0.6) is 0 Å². The number of amides is 3. The summed E-state index contributed by atoms with van der Waals surface area (Å²) in [4.78, 5) is 124. The van der Waals surface area contributed by atoms with E-state index in [1.54, 1.807) is 0 Å². The van der Waals surface area contributed by atoms with Crippen LogP contribution in [0, 0.1) is 0 Å². The second-order valence-corrected chi connectivity index (χ2v) is 14.7. The number of aliphatic hydroxyl groups excluding tert-OH is 1. The predicted molar refractivity (Wildman–Crippen MR) is 203 cm³/mol. The summed E-state index contributed by atoms with van der Waals surface area (Å²) >= 11 is 0. The van der Waals surface area contributed by atoms with Crippen LogP contribution in [-0.4, -0.2) is 176 Å². The first kappa shape index (κ1) is 52.8. The van der Waals surface area contributed by atoms with Gasteiger partial charge in [-0.2, -0.15) is 0 Å².